The third-order valence-corrected chi connectivity index (χ3v) is 3.92. The fourth-order valence-corrected chi connectivity index (χ4v) is 1.85. The summed E-state index contributed by atoms with van der Waals surface area (Å²) in [5.74, 6) is 0.538. The van der Waals surface area contributed by atoms with E-state index in [1.807, 2.05) is 33.8 Å². The van der Waals surface area contributed by atoms with E-state index in [-0.39, 0.29) is 4.75 Å². The third-order valence-electron chi connectivity index (χ3n) is 2.44. The van der Waals surface area contributed by atoms with Gasteiger partial charge in [-0.15, -0.1) is 0 Å². The molecule has 0 fully saturated rings. The first-order chi connectivity index (χ1) is 9.34. The highest BCUT2D eigenvalue weighted by Gasteiger charge is 2.26. The van der Waals surface area contributed by atoms with Crippen LogP contribution >= 0.6 is 0 Å². The first kappa shape index (κ1) is 16.9. The van der Waals surface area contributed by atoms with Crippen LogP contribution in [0.15, 0.2) is 22.7 Å². The zero-order valence-corrected chi connectivity index (χ0v) is 13.5. The molecule has 0 aliphatic rings. The van der Waals surface area contributed by atoms with E-state index in [1.165, 1.54) is 0 Å². The van der Waals surface area contributed by atoms with Gasteiger partial charge >= 0.3 is 0 Å². The SMILES string of the molecule is COCCOc1ccc(C(C)=N[S+]([O-])C(C)(C)C)cn1. The number of ether oxygens (including phenoxy) is 2. The molecule has 1 atom stereocenters. The van der Waals surface area contributed by atoms with Gasteiger partial charge in [0.2, 0.25) is 5.88 Å². The van der Waals surface area contributed by atoms with E-state index in [9.17, 15) is 4.55 Å². The molecule has 0 aliphatic carbocycles. The van der Waals surface area contributed by atoms with Gasteiger partial charge in [0.05, 0.1) is 12.3 Å². The van der Waals surface area contributed by atoms with Crippen LogP contribution in [0.3, 0.4) is 0 Å². The summed E-state index contributed by atoms with van der Waals surface area (Å²) in [5, 5.41) is 0. The largest absolute Gasteiger partial charge is 0.591 e. The molecule has 1 aromatic heterocycles. The Hall–Kier alpha value is -1.11. The summed E-state index contributed by atoms with van der Waals surface area (Å²) in [7, 11) is 1.62. The summed E-state index contributed by atoms with van der Waals surface area (Å²) in [6, 6.07) is 3.62. The summed E-state index contributed by atoms with van der Waals surface area (Å²) >= 11 is -1.27. The Morgan fingerprint density at radius 2 is 2.05 bits per heavy atom. The van der Waals surface area contributed by atoms with Crippen LogP contribution < -0.4 is 4.74 Å². The molecule has 0 aromatic carbocycles. The van der Waals surface area contributed by atoms with Gasteiger partial charge in [0.1, 0.15) is 22.7 Å². The fraction of sp³-hybridized carbons (Fsp3) is 0.571. The minimum Gasteiger partial charge on any atom is -0.591 e. The first-order valence-electron chi connectivity index (χ1n) is 6.40. The molecular weight excluding hydrogens is 276 g/mol. The number of pyridine rings is 1. The zero-order valence-electron chi connectivity index (χ0n) is 12.7. The molecule has 112 valence electrons. The van der Waals surface area contributed by atoms with E-state index < -0.39 is 11.4 Å². The van der Waals surface area contributed by atoms with Gasteiger partial charge in [0.25, 0.3) is 0 Å². The highest BCUT2D eigenvalue weighted by Crippen LogP contribution is 2.18. The van der Waals surface area contributed by atoms with E-state index in [0.29, 0.717) is 24.8 Å². The van der Waals surface area contributed by atoms with Crippen LogP contribution in [0.25, 0.3) is 0 Å². The van der Waals surface area contributed by atoms with Gasteiger partial charge in [-0.25, -0.2) is 4.98 Å². The number of aromatic nitrogens is 1. The molecule has 0 amide bonds. The molecule has 0 aliphatic heterocycles. The van der Waals surface area contributed by atoms with Crippen LogP contribution in [-0.2, 0) is 16.1 Å². The van der Waals surface area contributed by atoms with E-state index in [4.69, 9.17) is 9.47 Å². The third kappa shape index (κ3) is 5.48. The smallest absolute Gasteiger partial charge is 0.213 e. The van der Waals surface area contributed by atoms with Crippen molar-refractivity contribution in [3.05, 3.63) is 23.9 Å². The standard InChI is InChI=1S/C14H22N2O3S/c1-11(16-20(17)14(2,3)4)12-6-7-13(15-10-12)19-9-8-18-5/h6-7,10H,8-9H2,1-5H3. The number of methoxy groups -OCH3 is 1. The highest BCUT2D eigenvalue weighted by molar-refractivity contribution is 7.91. The summed E-state index contributed by atoms with van der Waals surface area (Å²) in [6.45, 7) is 8.49. The predicted octanol–water partition coefficient (Wildman–Crippen LogP) is 2.38. The lowest BCUT2D eigenvalue weighted by Crippen LogP contribution is -2.26. The maximum atomic E-state index is 12.0. The van der Waals surface area contributed by atoms with E-state index in [2.05, 4.69) is 9.38 Å². The van der Waals surface area contributed by atoms with Crippen LogP contribution in [0, 0.1) is 0 Å². The molecule has 1 rings (SSSR count). The van der Waals surface area contributed by atoms with E-state index >= 15 is 0 Å². The Morgan fingerprint density at radius 1 is 1.35 bits per heavy atom. The predicted molar refractivity (Wildman–Crippen MR) is 81.7 cm³/mol. The average Bonchev–Trinajstić information content (AvgIpc) is 2.38. The number of hydrogen-bond donors (Lipinski definition) is 0. The van der Waals surface area contributed by atoms with Gasteiger partial charge < -0.3 is 14.0 Å². The summed E-state index contributed by atoms with van der Waals surface area (Å²) < 4.78 is 26.1. The second-order valence-corrected chi connectivity index (χ2v) is 7.17. The molecule has 0 N–H and O–H groups in total. The molecular formula is C14H22N2O3S. The van der Waals surface area contributed by atoms with Gasteiger partial charge in [-0.1, -0.05) is 4.40 Å². The maximum Gasteiger partial charge on any atom is 0.213 e. The van der Waals surface area contributed by atoms with Crippen LogP contribution in [-0.4, -0.2) is 40.3 Å². The molecule has 0 bridgehead atoms. The van der Waals surface area contributed by atoms with Gasteiger partial charge in [0, 0.05) is 24.9 Å². The van der Waals surface area contributed by atoms with Crippen molar-refractivity contribution in [2.75, 3.05) is 20.3 Å². The molecule has 1 unspecified atom stereocenters. The minimum atomic E-state index is -1.27. The minimum absolute atomic E-state index is 0.363. The van der Waals surface area contributed by atoms with Crippen LogP contribution in [0.4, 0.5) is 0 Å². The number of rotatable bonds is 6. The number of hydrogen-bond acceptors (Lipinski definition) is 5. The van der Waals surface area contributed by atoms with Crippen LogP contribution in [0.5, 0.6) is 5.88 Å². The van der Waals surface area contributed by atoms with E-state index in [1.54, 1.807) is 19.4 Å². The van der Waals surface area contributed by atoms with Gasteiger partial charge in [-0.2, -0.15) is 0 Å². The van der Waals surface area contributed by atoms with Crippen molar-refractivity contribution < 1.29 is 14.0 Å². The molecule has 1 heterocycles. The summed E-state index contributed by atoms with van der Waals surface area (Å²) in [4.78, 5) is 4.18. The van der Waals surface area contributed by atoms with Crippen molar-refractivity contribution in [1.82, 2.24) is 4.98 Å². The van der Waals surface area contributed by atoms with E-state index in [0.717, 1.165) is 5.56 Å². The Bertz CT molecular complexity index is 441. The highest BCUT2D eigenvalue weighted by atomic mass is 32.2. The second kappa shape index (κ2) is 7.61. The molecule has 0 saturated heterocycles. The Balaban J connectivity index is 2.70. The second-order valence-electron chi connectivity index (χ2n) is 5.26. The van der Waals surface area contributed by atoms with Crippen molar-refractivity contribution in [3.63, 3.8) is 0 Å². The Labute approximate surface area is 123 Å². The Morgan fingerprint density at radius 3 is 2.55 bits per heavy atom. The normalized spacial score (nSPS) is 14.2. The van der Waals surface area contributed by atoms with Crippen LogP contribution in [0.2, 0.25) is 0 Å². The average molecular weight is 298 g/mol. The molecule has 0 spiro atoms. The van der Waals surface area contributed by atoms with Gasteiger partial charge in [0.15, 0.2) is 0 Å². The van der Waals surface area contributed by atoms with Gasteiger partial charge in [-0.05, 0) is 33.8 Å². The summed E-state index contributed by atoms with van der Waals surface area (Å²) in [5.41, 5.74) is 1.54. The topological polar surface area (TPSA) is 66.8 Å². The van der Waals surface area contributed by atoms with Gasteiger partial charge in [-0.3, -0.25) is 0 Å². The maximum absolute atomic E-state index is 12.0. The molecule has 0 radical (unpaired) electrons. The summed E-state index contributed by atoms with van der Waals surface area (Å²) in [6.07, 6.45) is 1.67. The molecule has 0 saturated carbocycles. The number of nitrogens with zero attached hydrogens (tertiary/aromatic N) is 2. The fourth-order valence-electron chi connectivity index (χ4n) is 1.22. The quantitative estimate of drug-likeness (QED) is 0.459. The first-order valence-corrected chi connectivity index (χ1v) is 7.50. The Kier molecular flexibility index (Phi) is 6.45. The lowest BCUT2D eigenvalue weighted by atomic mass is 10.2. The monoisotopic (exact) mass is 298 g/mol. The molecule has 1 aromatic rings. The molecule has 6 heteroatoms. The van der Waals surface area contributed by atoms with Crippen molar-refractivity contribution in [2.24, 2.45) is 4.40 Å². The van der Waals surface area contributed by atoms with Crippen molar-refractivity contribution >= 4 is 17.1 Å². The van der Waals surface area contributed by atoms with Crippen molar-refractivity contribution in [3.8, 4) is 5.88 Å². The van der Waals surface area contributed by atoms with Crippen LogP contribution in [0.1, 0.15) is 33.3 Å². The molecule has 5 nitrogen and oxygen atoms in total. The zero-order chi connectivity index (χ0) is 15.2. The van der Waals surface area contributed by atoms with Crippen molar-refractivity contribution in [2.45, 2.75) is 32.4 Å². The lowest BCUT2D eigenvalue weighted by Gasteiger charge is -2.18. The van der Waals surface area contributed by atoms with Crippen molar-refractivity contribution in [1.29, 1.82) is 0 Å². The lowest BCUT2D eigenvalue weighted by molar-refractivity contribution is 0.144. The molecule has 20 heavy (non-hydrogen) atoms.